The maximum atomic E-state index is 11.8. The largest absolute Gasteiger partial charge is 0.374 e. The predicted molar refractivity (Wildman–Crippen MR) is 69.4 cm³/mol. The highest BCUT2D eigenvalue weighted by Gasteiger charge is 2.39. The van der Waals surface area contributed by atoms with Crippen LogP contribution >= 0.6 is 11.3 Å². The highest BCUT2D eigenvalue weighted by atomic mass is 32.1. The lowest BCUT2D eigenvalue weighted by molar-refractivity contribution is 0.0949. The van der Waals surface area contributed by atoms with Gasteiger partial charge in [-0.25, -0.2) is 0 Å². The van der Waals surface area contributed by atoms with E-state index in [-0.39, 0.29) is 11.9 Å². The molecule has 0 saturated heterocycles. The highest BCUT2D eigenvalue weighted by Crippen LogP contribution is 2.40. The predicted octanol–water partition coefficient (Wildman–Crippen LogP) is 1.41. The van der Waals surface area contributed by atoms with E-state index in [0.717, 1.165) is 17.8 Å². The van der Waals surface area contributed by atoms with Crippen LogP contribution in [0.2, 0.25) is 0 Å². The maximum Gasteiger partial charge on any atom is 0.282 e. The van der Waals surface area contributed by atoms with Gasteiger partial charge < -0.3 is 11.1 Å². The van der Waals surface area contributed by atoms with Gasteiger partial charge in [0.2, 0.25) is 10.1 Å². The van der Waals surface area contributed by atoms with Crippen molar-refractivity contribution in [2.75, 3.05) is 5.73 Å². The molecule has 2 atom stereocenters. The summed E-state index contributed by atoms with van der Waals surface area (Å²) in [5.74, 6) is 0.230. The molecule has 1 aliphatic carbocycles. The summed E-state index contributed by atoms with van der Waals surface area (Å²) < 4.78 is 0. The number of hydrogen-bond donors (Lipinski definition) is 2. The third kappa shape index (κ3) is 2.19. The molecule has 3 rings (SSSR count). The summed E-state index contributed by atoms with van der Waals surface area (Å²) in [7, 11) is 0. The van der Waals surface area contributed by atoms with Crippen LogP contribution in [0.3, 0.4) is 0 Å². The Morgan fingerprint density at radius 3 is 2.78 bits per heavy atom. The number of rotatable bonds is 3. The van der Waals surface area contributed by atoms with E-state index in [1.165, 1.54) is 5.56 Å². The van der Waals surface area contributed by atoms with Crippen molar-refractivity contribution in [2.45, 2.75) is 18.4 Å². The van der Waals surface area contributed by atoms with Gasteiger partial charge in [0, 0.05) is 12.0 Å². The fraction of sp³-hybridized carbons (Fsp3) is 0.250. The fourth-order valence-corrected chi connectivity index (χ4v) is 2.49. The minimum atomic E-state index is -0.187. The van der Waals surface area contributed by atoms with Gasteiger partial charge in [-0.2, -0.15) is 0 Å². The molecular weight excluding hydrogens is 248 g/mol. The second kappa shape index (κ2) is 4.38. The lowest BCUT2D eigenvalue weighted by Crippen LogP contribution is -2.26. The molecule has 0 aliphatic heterocycles. The Bertz CT molecular complexity index is 568. The number of amides is 1. The summed E-state index contributed by atoms with van der Waals surface area (Å²) >= 11 is 1.11. The van der Waals surface area contributed by atoms with E-state index in [9.17, 15) is 4.79 Å². The van der Waals surface area contributed by atoms with Crippen LogP contribution in [0.5, 0.6) is 0 Å². The van der Waals surface area contributed by atoms with Crippen molar-refractivity contribution >= 4 is 22.4 Å². The van der Waals surface area contributed by atoms with E-state index >= 15 is 0 Å². The van der Waals surface area contributed by atoms with Crippen LogP contribution in [0.1, 0.15) is 27.7 Å². The Hall–Kier alpha value is -1.95. The number of aromatic nitrogens is 2. The quantitative estimate of drug-likeness (QED) is 0.874. The minimum Gasteiger partial charge on any atom is -0.374 e. The fourth-order valence-electron chi connectivity index (χ4n) is 1.98. The topological polar surface area (TPSA) is 80.9 Å². The van der Waals surface area contributed by atoms with Crippen LogP contribution in [0.15, 0.2) is 30.3 Å². The van der Waals surface area contributed by atoms with E-state index in [1.54, 1.807) is 0 Å². The number of nitrogens with two attached hydrogens (primary N) is 1. The smallest absolute Gasteiger partial charge is 0.282 e. The van der Waals surface area contributed by atoms with Gasteiger partial charge in [-0.15, -0.1) is 10.2 Å². The molecule has 1 fully saturated rings. The molecule has 1 heterocycles. The number of carbonyl (C=O) groups excluding carboxylic acids is 1. The Balaban J connectivity index is 1.62. The van der Waals surface area contributed by atoms with Crippen molar-refractivity contribution < 1.29 is 4.79 Å². The number of anilines is 1. The van der Waals surface area contributed by atoms with Gasteiger partial charge in [0.25, 0.3) is 5.91 Å². The van der Waals surface area contributed by atoms with Gasteiger partial charge in [-0.05, 0) is 12.0 Å². The van der Waals surface area contributed by atoms with Gasteiger partial charge in [-0.1, -0.05) is 41.7 Å². The van der Waals surface area contributed by atoms with Gasteiger partial charge in [0.15, 0.2) is 0 Å². The molecule has 1 aromatic carbocycles. The Kier molecular flexibility index (Phi) is 2.71. The second-order valence-corrected chi connectivity index (χ2v) is 5.29. The Morgan fingerprint density at radius 1 is 1.33 bits per heavy atom. The number of nitrogens with one attached hydrogen (secondary N) is 1. The summed E-state index contributed by atoms with van der Waals surface area (Å²) in [4.78, 5) is 11.8. The molecule has 92 valence electrons. The molecule has 3 N–H and O–H groups in total. The molecule has 2 aromatic rings. The molecule has 1 saturated carbocycles. The van der Waals surface area contributed by atoms with Crippen molar-refractivity contribution in [2.24, 2.45) is 0 Å². The molecule has 0 bridgehead atoms. The molecule has 1 aliphatic rings. The van der Waals surface area contributed by atoms with Crippen LogP contribution in [0.4, 0.5) is 5.13 Å². The first-order valence-corrected chi connectivity index (χ1v) is 6.50. The molecule has 0 radical (unpaired) electrons. The monoisotopic (exact) mass is 260 g/mol. The number of nitrogen functional groups attached to an aromatic ring is 1. The standard InChI is InChI=1S/C12H12N4OS/c13-12-16-15-11(18-12)10(17)14-9-6-8(9)7-4-2-1-3-5-7/h1-5,8-9H,6H2,(H2,13,16)(H,14,17). The molecule has 1 aromatic heterocycles. The van der Waals surface area contributed by atoms with Crippen molar-refractivity contribution in [1.82, 2.24) is 15.5 Å². The Morgan fingerprint density at radius 2 is 2.11 bits per heavy atom. The average molecular weight is 260 g/mol. The van der Waals surface area contributed by atoms with Crippen molar-refractivity contribution in [3.8, 4) is 0 Å². The Labute approximate surface area is 108 Å². The first kappa shape index (κ1) is 11.2. The first-order valence-electron chi connectivity index (χ1n) is 5.69. The van der Waals surface area contributed by atoms with E-state index in [4.69, 9.17) is 5.73 Å². The van der Waals surface area contributed by atoms with Crippen LogP contribution < -0.4 is 11.1 Å². The highest BCUT2D eigenvalue weighted by molar-refractivity contribution is 7.16. The van der Waals surface area contributed by atoms with Crippen molar-refractivity contribution in [3.63, 3.8) is 0 Å². The zero-order valence-electron chi connectivity index (χ0n) is 9.54. The SMILES string of the molecule is Nc1nnc(C(=O)NC2CC2c2ccccc2)s1. The van der Waals surface area contributed by atoms with E-state index < -0.39 is 0 Å². The third-order valence-corrected chi connectivity index (χ3v) is 3.72. The molecule has 5 nitrogen and oxygen atoms in total. The number of carbonyl (C=O) groups is 1. The van der Waals surface area contributed by atoms with Crippen LogP contribution in [-0.4, -0.2) is 22.1 Å². The van der Waals surface area contributed by atoms with Crippen molar-refractivity contribution in [1.29, 1.82) is 0 Å². The van der Waals surface area contributed by atoms with E-state index in [2.05, 4.69) is 27.6 Å². The molecule has 1 amide bonds. The zero-order chi connectivity index (χ0) is 12.5. The van der Waals surface area contributed by atoms with Gasteiger partial charge in [0.1, 0.15) is 0 Å². The number of hydrogen-bond acceptors (Lipinski definition) is 5. The number of nitrogens with zero attached hydrogens (tertiary/aromatic N) is 2. The molecule has 2 unspecified atom stereocenters. The molecular formula is C12H12N4OS. The molecule has 0 spiro atoms. The van der Waals surface area contributed by atoms with E-state index in [0.29, 0.717) is 16.1 Å². The lowest BCUT2D eigenvalue weighted by Gasteiger charge is -2.01. The van der Waals surface area contributed by atoms with Crippen molar-refractivity contribution in [3.05, 3.63) is 40.9 Å². The van der Waals surface area contributed by atoms with Gasteiger partial charge >= 0.3 is 0 Å². The summed E-state index contributed by atoms with van der Waals surface area (Å²) in [5, 5.41) is 10.9. The summed E-state index contributed by atoms with van der Waals surface area (Å²) in [6, 6.07) is 10.4. The maximum absolute atomic E-state index is 11.8. The van der Waals surface area contributed by atoms with Gasteiger partial charge in [0.05, 0.1) is 0 Å². The normalized spacial score (nSPS) is 21.6. The van der Waals surface area contributed by atoms with Gasteiger partial charge in [-0.3, -0.25) is 4.79 Å². The molecule has 6 heteroatoms. The number of benzene rings is 1. The second-order valence-electron chi connectivity index (χ2n) is 4.28. The van der Waals surface area contributed by atoms with Crippen LogP contribution in [-0.2, 0) is 0 Å². The minimum absolute atomic E-state index is 0.187. The summed E-state index contributed by atoms with van der Waals surface area (Å²) in [5.41, 5.74) is 6.71. The molecule has 18 heavy (non-hydrogen) atoms. The summed E-state index contributed by atoms with van der Waals surface area (Å²) in [6.45, 7) is 0. The van der Waals surface area contributed by atoms with E-state index in [1.807, 2.05) is 18.2 Å². The summed E-state index contributed by atoms with van der Waals surface area (Å²) in [6.07, 6.45) is 0.976. The zero-order valence-corrected chi connectivity index (χ0v) is 10.4. The third-order valence-electron chi connectivity index (χ3n) is 2.97. The van der Waals surface area contributed by atoms with Crippen LogP contribution in [0.25, 0.3) is 0 Å². The van der Waals surface area contributed by atoms with Crippen LogP contribution in [0, 0.1) is 0 Å². The first-order chi connectivity index (χ1) is 8.74. The average Bonchev–Trinajstić information content (AvgIpc) is 3.01. The lowest BCUT2D eigenvalue weighted by atomic mass is 10.1.